The van der Waals surface area contributed by atoms with Crippen LogP contribution in [0, 0.1) is 16.0 Å². The number of methoxy groups -OCH3 is 1. The monoisotopic (exact) mass is 337 g/mol. The molecular weight excluding hydrogens is 316 g/mol. The highest BCUT2D eigenvalue weighted by Gasteiger charge is 2.27. The topological polar surface area (TPSA) is 129 Å². The molecule has 1 heterocycles. The van der Waals surface area contributed by atoms with E-state index in [1.807, 2.05) is 0 Å². The SMILES string of the molecule is COc1ccc(NC(=O)C[NH+]2CCC(C(N)=O)CC2)c([N+](=O)[O-])c1. The van der Waals surface area contributed by atoms with Gasteiger partial charge in [0, 0.05) is 18.8 Å². The number of carbonyl (C=O) groups is 2. The van der Waals surface area contributed by atoms with Crippen molar-refractivity contribution in [2.75, 3.05) is 32.1 Å². The minimum absolute atomic E-state index is 0.125. The number of nitrogens with two attached hydrogens (primary N) is 1. The van der Waals surface area contributed by atoms with Gasteiger partial charge in [-0.2, -0.15) is 0 Å². The molecule has 0 atom stereocenters. The van der Waals surface area contributed by atoms with Gasteiger partial charge in [-0.15, -0.1) is 0 Å². The quantitative estimate of drug-likeness (QED) is 0.468. The Labute approximate surface area is 138 Å². The molecular formula is C15H21N4O5+. The van der Waals surface area contributed by atoms with Gasteiger partial charge in [-0.3, -0.25) is 19.7 Å². The molecule has 1 fully saturated rings. The van der Waals surface area contributed by atoms with Crippen LogP contribution < -0.4 is 20.7 Å². The minimum atomic E-state index is -0.566. The van der Waals surface area contributed by atoms with Crippen molar-refractivity contribution in [2.45, 2.75) is 12.8 Å². The molecule has 9 nitrogen and oxygen atoms in total. The normalized spacial score (nSPS) is 20.2. The van der Waals surface area contributed by atoms with E-state index in [1.54, 1.807) is 6.07 Å². The predicted molar refractivity (Wildman–Crippen MR) is 85.8 cm³/mol. The molecule has 0 radical (unpaired) electrons. The summed E-state index contributed by atoms with van der Waals surface area (Å²) in [5.41, 5.74) is 5.20. The second kappa shape index (κ2) is 7.73. The average Bonchev–Trinajstić information content (AvgIpc) is 2.55. The van der Waals surface area contributed by atoms with Gasteiger partial charge in [0.05, 0.1) is 31.2 Å². The molecule has 9 heteroatoms. The summed E-state index contributed by atoms with van der Waals surface area (Å²) in [6.07, 6.45) is 1.31. The lowest BCUT2D eigenvalue weighted by Crippen LogP contribution is -3.14. The highest BCUT2D eigenvalue weighted by atomic mass is 16.6. The number of primary amides is 1. The van der Waals surface area contributed by atoms with E-state index in [9.17, 15) is 19.7 Å². The maximum absolute atomic E-state index is 12.1. The summed E-state index contributed by atoms with van der Waals surface area (Å²) in [4.78, 5) is 34.9. The Morgan fingerprint density at radius 2 is 2.08 bits per heavy atom. The fourth-order valence-electron chi connectivity index (χ4n) is 2.80. The van der Waals surface area contributed by atoms with Crippen LogP contribution >= 0.6 is 0 Å². The number of amides is 2. The zero-order valence-corrected chi connectivity index (χ0v) is 13.4. The highest BCUT2D eigenvalue weighted by molar-refractivity contribution is 5.93. The molecule has 24 heavy (non-hydrogen) atoms. The first-order valence-electron chi connectivity index (χ1n) is 7.66. The molecule has 0 saturated carbocycles. The number of hydrogen-bond donors (Lipinski definition) is 3. The van der Waals surface area contributed by atoms with Crippen LogP contribution in [0.2, 0.25) is 0 Å². The van der Waals surface area contributed by atoms with Gasteiger partial charge in [-0.25, -0.2) is 0 Å². The summed E-state index contributed by atoms with van der Waals surface area (Å²) >= 11 is 0. The van der Waals surface area contributed by atoms with E-state index >= 15 is 0 Å². The van der Waals surface area contributed by atoms with Gasteiger partial charge in [0.2, 0.25) is 5.91 Å². The van der Waals surface area contributed by atoms with Crippen LogP contribution in [0.4, 0.5) is 11.4 Å². The van der Waals surface area contributed by atoms with E-state index in [2.05, 4.69) is 5.32 Å². The molecule has 0 aliphatic carbocycles. The molecule has 1 aliphatic heterocycles. The number of piperidine rings is 1. The van der Waals surface area contributed by atoms with Crippen molar-refractivity contribution in [1.29, 1.82) is 0 Å². The van der Waals surface area contributed by atoms with Gasteiger partial charge in [-0.1, -0.05) is 0 Å². The molecule has 2 rings (SSSR count). The Hall–Kier alpha value is -2.68. The van der Waals surface area contributed by atoms with E-state index in [0.29, 0.717) is 31.7 Å². The van der Waals surface area contributed by atoms with Crippen LogP contribution in [0.25, 0.3) is 0 Å². The van der Waals surface area contributed by atoms with Gasteiger partial charge in [0.25, 0.3) is 11.6 Å². The summed E-state index contributed by atoms with van der Waals surface area (Å²) < 4.78 is 4.96. The molecule has 1 aromatic carbocycles. The zero-order valence-electron chi connectivity index (χ0n) is 13.4. The molecule has 1 saturated heterocycles. The molecule has 0 bridgehead atoms. The largest absolute Gasteiger partial charge is 0.496 e. The first-order chi connectivity index (χ1) is 11.4. The van der Waals surface area contributed by atoms with Crippen molar-refractivity contribution in [3.63, 3.8) is 0 Å². The summed E-state index contributed by atoms with van der Waals surface area (Å²) in [5, 5.41) is 13.7. The van der Waals surface area contributed by atoms with Crippen molar-refractivity contribution < 1.29 is 24.1 Å². The molecule has 130 valence electrons. The van der Waals surface area contributed by atoms with Gasteiger partial charge in [0.1, 0.15) is 11.4 Å². The Kier molecular flexibility index (Phi) is 5.69. The zero-order chi connectivity index (χ0) is 17.7. The lowest BCUT2D eigenvalue weighted by molar-refractivity contribution is -0.897. The number of nitrogens with zero attached hydrogens (tertiary/aromatic N) is 1. The number of benzene rings is 1. The van der Waals surface area contributed by atoms with Crippen molar-refractivity contribution in [3.8, 4) is 5.75 Å². The maximum atomic E-state index is 12.1. The Morgan fingerprint density at radius 3 is 2.62 bits per heavy atom. The van der Waals surface area contributed by atoms with Gasteiger partial charge >= 0.3 is 0 Å². The van der Waals surface area contributed by atoms with Crippen LogP contribution in [0.15, 0.2) is 18.2 Å². The van der Waals surface area contributed by atoms with E-state index in [-0.39, 0.29) is 35.7 Å². The number of quaternary nitrogens is 1. The number of hydrogen-bond acceptors (Lipinski definition) is 5. The molecule has 0 aromatic heterocycles. The second-order valence-corrected chi connectivity index (χ2v) is 5.79. The Balaban J connectivity index is 1.95. The smallest absolute Gasteiger partial charge is 0.296 e. The first-order valence-corrected chi connectivity index (χ1v) is 7.66. The third-order valence-corrected chi connectivity index (χ3v) is 4.18. The van der Waals surface area contributed by atoms with Crippen LogP contribution in [0.3, 0.4) is 0 Å². The van der Waals surface area contributed by atoms with E-state index < -0.39 is 4.92 Å². The maximum Gasteiger partial charge on any atom is 0.296 e. The van der Waals surface area contributed by atoms with Crippen LogP contribution in [-0.2, 0) is 9.59 Å². The second-order valence-electron chi connectivity index (χ2n) is 5.79. The molecule has 1 aliphatic rings. The van der Waals surface area contributed by atoms with Crippen molar-refractivity contribution in [2.24, 2.45) is 11.7 Å². The molecule has 4 N–H and O–H groups in total. The summed E-state index contributed by atoms with van der Waals surface area (Å²) in [7, 11) is 1.41. The van der Waals surface area contributed by atoms with Crippen LogP contribution in [-0.4, -0.2) is 43.5 Å². The van der Waals surface area contributed by atoms with Gasteiger partial charge in [0.15, 0.2) is 6.54 Å². The van der Waals surface area contributed by atoms with Crippen LogP contribution in [0.1, 0.15) is 12.8 Å². The molecule has 0 spiro atoms. The number of nitro groups is 1. The Morgan fingerprint density at radius 1 is 1.42 bits per heavy atom. The summed E-state index contributed by atoms with van der Waals surface area (Å²) in [6.45, 7) is 1.53. The van der Waals surface area contributed by atoms with Gasteiger partial charge in [-0.05, 0) is 12.1 Å². The fraction of sp³-hybridized carbons (Fsp3) is 0.467. The molecule has 2 amide bonds. The Bertz CT molecular complexity index is 641. The summed E-state index contributed by atoms with van der Waals surface area (Å²) in [6, 6.07) is 4.26. The highest BCUT2D eigenvalue weighted by Crippen LogP contribution is 2.28. The number of nitrogens with one attached hydrogen (secondary N) is 2. The third kappa shape index (κ3) is 4.42. The predicted octanol–water partition coefficient (Wildman–Crippen LogP) is -0.678. The number of nitro benzene ring substituents is 1. The number of rotatable bonds is 6. The summed E-state index contributed by atoms with van der Waals surface area (Å²) in [5.74, 6) is -0.388. The van der Waals surface area contributed by atoms with Crippen molar-refractivity contribution >= 4 is 23.2 Å². The lowest BCUT2D eigenvalue weighted by atomic mass is 9.96. The number of ether oxygens (including phenoxy) is 1. The number of anilines is 1. The van der Waals surface area contributed by atoms with E-state index in [4.69, 9.17) is 10.5 Å². The lowest BCUT2D eigenvalue weighted by Gasteiger charge is -2.27. The standard InChI is InChI=1S/C15H20N4O5/c1-24-11-2-3-12(13(8-11)19(22)23)17-14(20)9-18-6-4-10(5-7-18)15(16)21/h2-3,8,10H,4-7,9H2,1H3,(H2,16,21)(H,17,20)/p+1. The van der Waals surface area contributed by atoms with E-state index in [1.165, 1.54) is 19.2 Å². The van der Waals surface area contributed by atoms with Crippen LogP contribution in [0.5, 0.6) is 5.75 Å². The van der Waals surface area contributed by atoms with Gasteiger partial charge < -0.3 is 20.7 Å². The molecule has 0 unspecified atom stereocenters. The fourth-order valence-corrected chi connectivity index (χ4v) is 2.80. The first kappa shape index (κ1) is 17.7. The number of likely N-dealkylation sites (tertiary alicyclic amines) is 1. The van der Waals surface area contributed by atoms with E-state index in [0.717, 1.165) is 4.90 Å². The minimum Gasteiger partial charge on any atom is -0.496 e. The third-order valence-electron chi connectivity index (χ3n) is 4.18. The number of carbonyl (C=O) groups excluding carboxylic acids is 2. The molecule has 1 aromatic rings. The van der Waals surface area contributed by atoms with Crippen molar-refractivity contribution in [3.05, 3.63) is 28.3 Å². The average molecular weight is 337 g/mol. The van der Waals surface area contributed by atoms with Crippen molar-refractivity contribution in [1.82, 2.24) is 0 Å².